The molecule has 3 rings (SSSR count). The van der Waals surface area contributed by atoms with Gasteiger partial charge in [0.1, 0.15) is 5.60 Å². The van der Waals surface area contributed by atoms with Gasteiger partial charge in [0.2, 0.25) is 0 Å². The molecule has 0 bridgehead atoms. The summed E-state index contributed by atoms with van der Waals surface area (Å²) in [5.74, 6) is -0.225. The first-order valence-corrected chi connectivity index (χ1v) is 11.9. The van der Waals surface area contributed by atoms with Gasteiger partial charge >= 0.3 is 20.2 Å². The predicted octanol–water partition coefficient (Wildman–Crippen LogP) is 3.56. The van der Waals surface area contributed by atoms with E-state index in [-0.39, 0.29) is 12.4 Å². The van der Waals surface area contributed by atoms with Crippen LogP contribution in [0.1, 0.15) is 88.1 Å². The van der Waals surface area contributed by atoms with Crippen LogP contribution in [0, 0.1) is 0 Å². The molecule has 0 spiro atoms. The van der Waals surface area contributed by atoms with Crippen LogP contribution in [0.5, 0.6) is 0 Å². The minimum absolute atomic E-state index is 0.225. The van der Waals surface area contributed by atoms with Crippen LogP contribution >= 0.6 is 0 Å². The Morgan fingerprint density at radius 1 is 0.818 bits per heavy atom. The molecule has 6 nitrogen and oxygen atoms in total. The fourth-order valence-corrected chi connectivity index (χ4v) is 3.79. The number of aryl methyl sites for hydroxylation is 1. The molecule has 182 valence electrons. The Kier molecular flexibility index (Phi) is 6.69. The lowest BCUT2D eigenvalue weighted by molar-refractivity contribution is -0.154. The van der Waals surface area contributed by atoms with Crippen molar-refractivity contribution >= 4 is 31.1 Å². The molecule has 0 unspecified atom stereocenters. The van der Waals surface area contributed by atoms with E-state index in [4.69, 9.17) is 23.4 Å². The highest BCUT2D eigenvalue weighted by Gasteiger charge is 2.54. The maximum absolute atomic E-state index is 12.4. The van der Waals surface area contributed by atoms with Crippen molar-refractivity contribution in [2.75, 3.05) is 0 Å². The van der Waals surface area contributed by atoms with Crippen molar-refractivity contribution in [1.82, 2.24) is 0 Å². The minimum Gasteiger partial charge on any atom is -0.460 e. The Bertz CT molecular complexity index is 869. The monoisotopic (exact) mass is 458 g/mol. The van der Waals surface area contributed by atoms with Crippen LogP contribution in [-0.2, 0) is 34.6 Å². The Morgan fingerprint density at radius 3 is 1.73 bits per heavy atom. The standard InChI is InChI=1S/C25H40B2O6/c1-21(2,3)29-20(28)15-13-17-12-14-18(26-30-22(4,5)23(6,7)31-26)16-19(17)27-32-24(8,9)25(10,11)33-27/h12,14,16H,13,15H2,1-11H3. The van der Waals surface area contributed by atoms with Crippen molar-refractivity contribution in [3.63, 3.8) is 0 Å². The van der Waals surface area contributed by atoms with Gasteiger partial charge in [0.15, 0.2) is 0 Å². The quantitative estimate of drug-likeness (QED) is 0.497. The molecule has 0 saturated carbocycles. The molecular weight excluding hydrogens is 418 g/mol. The molecule has 8 heteroatoms. The third kappa shape index (κ3) is 5.50. The topological polar surface area (TPSA) is 63.2 Å². The first-order chi connectivity index (χ1) is 14.8. The minimum atomic E-state index is -0.550. The van der Waals surface area contributed by atoms with Gasteiger partial charge in [-0.15, -0.1) is 0 Å². The predicted molar refractivity (Wildman–Crippen MR) is 132 cm³/mol. The zero-order valence-corrected chi connectivity index (χ0v) is 22.3. The SMILES string of the molecule is CC(C)(C)OC(=O)CCc1ccc(B2OC(C)(C)C(C)(C)O2)cc1B1OC(C)(C)C(C)(C)O1. The second-order valence-electron chi connectivity index (χ2n) is 12.2. The zero-order chi connectivity index (χ0) is 25.0. The normalized spacial score (nSPS) is 23.1. The number of carbonyl (C=O) groups excluding carboxylic acids is 1. The molecule has 0 N–H and O–H groups in total. The second kappa shape index (κ2) is 8.40. The van der Waals surface area contributed by atoms with E-state index >= 15 is 0 Å². The molecular formula is C25H40B2O6. The molecule has 2 aliphatic rings. The van der Waals surface area contributed by atoms with Crippen molar-refractivity contribution in [3.05, 3.63) is 23.8 Å². The number of esters is 1. The number of ether oxygens (including phenoxy) is 1. The lowest BCUT2D eigenvalue weighted by Gasteiger charge is -2.32. The fraction of sp³-hybridized carbons (Fsp3) is 0.720. The smallest absolute Gasteiger partial charge is 0.460 e. The molecule has 2 saturated heterocycles. The summed E-state index contributed by atoms with van der Waals surface area (Å²) in [5, 5.41) is 0. The Balaban J connectivity index is 1.91. The summed E-state index contributed by atoms with van der Waals surface area (Å²) < 4.78 is 30.7. The van der Waals surface area contributed by atoms with Crippen molar-refractivity contribution < 1.29 is 28.1 Å². The Labute approximate surface area is 200 Å². The first-order valence-electron chi connectivity index (χ1n) is 11.9. The largest absolute Gasteiger partial charge is 0.495 e. The summed E-state index contributed by atoms with van der Waals surface area (Å²) in [5.41, 5.74) is 0.464. The highest BCUT2D eigenvalue weighted by molar-refractivity contribution is 6.66. The van der Waals surface area contributed by atoms with Crippen LogP contribution in [0.15, 0.2) is 18.2 Å². The maximum atomic E-state index is 12.4. The van der Waals surface area contributed by atoms with E-state index in [2.05, 4.69) is 0 Å². The highest BCUT2D eigenvalue weighted by Crippen LogP contribution is 2.38. The fourth-order valence-electron chi connectivity index (χ4n) is 3.79. The molecule has 0 atom stereocenters. The van der Waals surface area contributed by atoms with E-state index in [1.165, 1.54) is 0 Å². The van der Waals surface area contributed by atoms with E-state index in [0.717, 1.165) is 16.5 Å². The number of carbonyl (C=O) groups is 1. The summed E-state index contributed by atoms with van der Waals surface area (Å²) in [4.78, 5) is 12.4. The summed E-state index contributed by atoms with van der Waals surface area (Å²) in [6.07, 6.45) is 0.803. The summed E-state index contributed by atoms with van der Waals surface area (Å²) in [6.45, 7) is 21.9. The van der Waals surface area contributed by atoms with Crippen molar-refractivity contribution in [3.8, 4) is 0 Å². The van der Waals surface area contributed by atoms with Crippen LogP contribution in [-0.4, -0.2) is 48.2 Å². The van der Waals surface area contributed by atoms with Gasteiger partial charge in [0.25, 0.3) is 0 Å². The molecule has 2 aliphatic heterocycles. The third-order valence-electron chi connectivity index (χ3n) is 7.22. The molecule has 0 amide bonds. The zero-order valence-electron chi connectivity index (χ0n) is 22.3. The van der Waals surface area contributed by atoms with Crippen molar-refractivity contribution in [2.24, 2.45) is 0 Å². The Hall–Kier alpha value is -1.34. The average molecular weight is 458 g/mol. The van der Waals surface area contributed by atoms with Crippen LogP contribution in [0.4, 0.5) is 0 Å². The van der Waals surface area contributed by atoms with E-state index < -0.39 is 42.2 Å². The van der Waals surface area contributed by atoms with Crippen molar-refractivity contribution in [1.29, 1.82) is 0 Å². The number of rotatable bonds is 5. The van der Waals surface area contributed by atoms with Gasteiger partial charge < -0.3 is 23.4 Å². The van der Waals surface area contributed by atoms with Gasteiger partial charge in [0.05, 0.1) is 22.4 Å². The van der Waals surface area contributed by atoms with E-state index in [0.29, 0.717) is 6.42 Å². The van der Waals surface area contributed by atoms with Crippen molar-refractivity contribution in [2.45, 2.75) is 117 Å². The van der Waals surface area contributed by atoms with Crippen LogP contribution in [0.2, 0.25) is 0 Å². The first kappa shape index (κ1) is 26.3. The highest BCUT2D eigenvalue weighted by atomic mass is 16.7. The van der Waals surface area contributed by atoms with Crippen LogP contribution in [0.3, 0.4) is 0 Å². The van der Waals surface area contributed by atoms with Gasteiger partial charge in [-0.3, -0.25) is 4.79 Å². The molecule has 0 radical (unpaired) electrons. The third-order valence-corrected chi connectivity index (χ3v) is 7.22. The van der Waals surface area contributed by atoms with Gasteiger partial charge in [-0.2, -0.15) is 0 Å². The lowest BCUT2D eigenvalue weighted by atomic mass is 9.69. The summed E-state index contributed by atoms with van der Waals surface area (Å²) in [7, 11) is -1.04. The van der Waals surface area contributed by atoms with Gasteiger partial charge in [-0.05, 0) is 99.1 Å². The van der Waals surface area contributed by atoms with Gasteiger partial charge in [0, 0.05) is 6.42 Å². The maximum Gasteiger partial charge on any atom is 0.495 e. The Morgan fingerprint density at radius 2 is 1.27 bits per heavy atom. The van der Waals surface area contributed by atoms with Gasteiger partial charge in [-0.25, -0.2) is 0 Å². The number of hydrogen-bond donors (Lipinski definition) is 0. The summed E-state index contributed by atoms with van der Waals surface area (Å²) >= 11 is 0. The number of benzene rings is 1. The van der Waals surface area contributed by atoms with E-state index in [9.17, 15) is 4.79 Å². The molecule has 2 heterocycles. The van der Waals surface area contributed by atoms with E-state index in [1.807, 2.05) is 94.4 Å². The molecule has 1 aromatic carbocycles. The molecule has 2 fully saturated rings. The molecule has 0 aliphatic carbocycles. The molecule has 1 aromatic rings. The average Bonchev–Trinajstić information content (AvgIpc) is 2.98. The van der Waals surface area contributed by atoms with Gasteiger partial charge in [-0.1, -0.05) is 18.2 Å². The lowest BCUT2D eigenvalue weighted by Crippen LogP contribution is -2.43. The van der Waals surface area contributed by atoms with Crippen LogP contribution < -0.4 is 10.9 Å². The second-order valence-corrected chi connectivity index (χ2v) is 12.2. The molecule has 33 heavy (non-hydrogen) atoms. The van der Waals surface area contributed by atoms with Crippen LogP contribution in [0.25, 0.3) is 0 Å². The van der Waals surface area contributed by atoms with E-state index in [1.54, 1.807) is 0 Å². The summed E-state index contributed by atoms with van der Waals surface area (Å²) in [6, 6.07) is 6.06. The molecule has 0 aromatic heterocycles. The number of hydrogen-bond acceptors (Lipinski definition) is 6.